The maximum absolute atomic E-state index is 12.0. The number of imide groups is 1. The molecule has 0 aromatic rings. The van der Waals surface area contributed by atoms with Gasteiger partial charge in [-0.2, -0.15) is 0 Å². The molecule has 0 bridgehead atoms. The molecule has 1 fully saturated rings. The molecule has 1 aliphatic rings. The van der Waals surface area contributed by atoms with Gasteiger partial charge in [-0.1, -0.05) is 13.8 Å². The van der Waals surface area contributed by atoms with Crippen LogP contribution in [-0.4, -0.2) is 64.4 Å². The van der Waals surface area contributed by atoms with Crippen molar-refractivity contribution in [1.82, 2.24) is 15.1 Å². The number of nitrogens with one attached hydrogen (secondary N) is 1. The number of aliphatic carboxylic acids is 1. The number of carbonyl (C=O) groups is 4. The van der Waals surface area contributed by atoms with E-state index in [2.05, 4.69) is 5.32 Å². The molecule has 8 heteroatoms. The minimum absolute atomic E-state index is 0.0677. The number of likely N-dealkylation sites (N-methyl/N-ethyl adjacent to an activating group) is 1. The summed E-state index contributed by atoms with van der Waals surface area (Å²) >= 11 is 0. The number of rotatable bonds is 5. The Bertz CT molecular complexity index is 449. The SMILES string of the molecule is CCN1CCN(C(=O)N[C@@H](CC(C)C)C(=O)O)C(=O)C1=O. The molecule has 1 saturated heterocycles. The van der Waals surface area contributed by atoms with E-state index in [4.69, 9.17) is 5.11 Å². The third kappa shape index (κ3) is 4.17. The molecule has 0 saturated carbocycles. The fraction of sp³-hybridized carbons (Fsp3) is 0.692. The largest absolute Gasteiger partial charge is 0.480 e. The second-order valence-corrected chi connectivity index (χ2v) is 5.31. The van der Waals surface area contributed by atoms with Crippen molar-refractivity contribution in [2.24, 2.45) is 5.92 Å². The van der Waals surface area contributed by atoms with Crippen LogP contribution in [0, 0.1) is 5.92 Å². The number of carbonyl (C=O) groups excluding carboxylic acids is 3. The van der Waals surface area contributed by atoms with Crippen LogP contribution in [0.25, 0.3) is 0 Å². The van der Waals surface area contributed by atoms with E-state index in [0.29, 0.717) is 6.54 Å². The molecule has 1 heterocycles. The lowest BCUT2D eigenvalue weighted by Crippen LogP contribution is -2.59. The predicted molar refractivity (Wildman–Crippen MR) is 73.4 cm³/mol. The van der Waals surface area contributed by atoms with Gasteiger partial charge < -0.3 is 15.3 Å². The zero-order valence-electron chi connectivity index (χ0n) is 12.5. The van der Waals surface area contributed by atoms with Crippen LogP contribution in [-0.2, 0) is 14.4 Å². The van der Waals surface area contributed by atoms with Gasteiger partial charge in [0, 0.05) is 19.6 Å². The zero-order chi connectivity index (χ0) is 16.2. The molecular weight excluding hydrogens is 278 g/mol. The monoisotopic (exact) mass is 299 g/mol. The molecule has 0 radical (unpaired) electrons. The van der Waals surface area contributed by atoms with Crippen molar-refractivity contribution in [2.75, 3.05) is 19.6 Å². The van der Waals surface area contributed by atoms with Crippen LogP contribution < -0.4 is 5.32 Å². The van der Waals surface area contributed by atoms with Crippen LogP contribution in [0.15, 0.2) is 0 Å². The maximum atomic E-state index is 12.0. The van der Waals surface area contributed by atoms with Crippen LogP contribution in [0.4, 0.5) is 4.79 Å². The molecule has 2 N–H and O–H groups in total. The first-order valence-corrected chi connectivity index (χ1v) is 6.92. The molecular formula is C13H21N3O5. The quantitative estimate of drug-likeness (QED) is 0.689. The Labute approximate surface area is 123 Å². The van der Waals surface area contributed by atoms with Gasteiger partial charge in [-0.05, 0) is 19.3 Å². The third-order valence-corrected chi connectivity index (χ3v) is 3.24. The summed E-state index contributed by atoms with van der Waals surface area (Å²) in [5.74, 6) is -2.76. The second kappa shape index (κ2) is 7.05. The lowest BCUT2D eigenvalue weighted by atomic mass is 10.0. The first-order valence-electron chi connectivity index (χ1n) is 6.92. The summed E-state index contributed by atoms with van der Waals surface area (Å²) < 4.78 is 0. The Kier molecular flexibility index (Phi) is 5.69. The van der Waals surface area contributed by atoms with E-state index in [0.717, 1.165) is 4.90 Å². The predicted octanol–water partition coefficient (Wildman–Crippen LogP) is -0.114. The average Bonchev–Trinajstić information content (AvgIpc) is 2.40. The average molecular weight is 299 g/mol. The highest BCUT2D eigenvalue weighted by molar-refractivity contribution is 6.38. The van der Waals surface area contributed by atoms with E-state index in [9.17, 15) is 19.2 Å². The number of hydrogen-bond donors (Lipinski definition) is 2. The van der Waals surface area contributed by atoms with Gasteiger partial charge in [-0.25, -0.2) is 9.59 Å². The minimum atomic E-state index is -1.16. The van der Waals surface area contributed by atoms with E-state index >= 15 is 0 Å². The van der Waals surface area contributed by atoms with Crippen molar-refractivity contribution >= 4 is 23.8 Å². The van der Waals surface area contributed by atoms with Crippen molar-refractivity contribution in [3.05, 3.63) is 0 Å². The number of carboxylic acids is 1. The topological polar surface area (TPSA) is 107 Å². The highest BCUT2D eigenvalue weighted by Crippen LogP contribution is 2.08. The van der Waals surface area contributed by atoms with Gasteiger partial charge >= 0.3 is 23.8 Å². The van der Waals surface area contributed by atoms with Crippen LogP contribution in [0.5, 0.6) is 0 Å². The van der Waals surface area contributed by atoms with E-state index in [1.54, 1.807) is 6.92 Å². The van der Waals surface area contributed by atoms with Gasteiger partial charge in [0.05, 0.1) is 0 Å². The van der Waals surface area contributed by atoms with E-state index < -0.39 is 29.9 Å². The number of hydrogen-bond acceptors (Lipinski definition) is 4. The van der Waals surface area contributed by atoms with Crippen molar-refractivity contribution < 1.29 is 24.3 Å². The summed E-state index contributed by atoms with van der Waals surface area (Å²) in [7, 11) is 0. The van der Waals surface area contributed by atoms with Crippen molar-refractivity contribution in [1.29, 1.82) is 0 Å². The fourth-order valence-corrected chi connectivity index (χ4v) is 2.09. The van der Waals surface area contributed by atoms with Crippen molar-refractivity contribution in [2.45, 2.75) is 33.2 Å². The summed E-state index contributed by atoms with van der Waals surface area (Å²) in [5.41, 5.74) is 0. The maximum Gasteiger partial charge on any atom is 0.326 e. The second-order valence-electron chi connectivity index (χ2n) is 5.31. The summed E-state index contributed by atoms with van der Waals surface area (Å²) in [6.45, 7) is 6.12. The Morgan fingerprint density at radius 3 is 2.33 bits per heavy atom. The molecule has 1 aliphatic heterocycles. The molecule has 0 aromatic heterocycles. The Balaban J connectivity index is 2.72. The first-order chi connectivity index (χ1) is 9.77. The molecule has 0 aliphatic carbocycles. The Hall–Kier alpha value is -2.12. The highest BCUT2D eigenvalue weighted by Gasteiger charge is 2.36. The molecule has 4 amide bonds. The number of amides is 4. The third-order valence-electron chi connectivity index (χ3n) is 3.24. The molecule has 1 rings (SSSR count). The van der Waals surface area contributed by atoms with Crippen LogP contribution in [0.3, 0.4) is 0 Å². The summed E-state index contributed by atoms with van der Waals surface area (Å²) in [4.78, 5) is 48.8. The summed E-state index contributed by atoms with van der Waals surface area (Å²) in [5, 5.41) is 11.4. The van der Waals surface area contributed by atoms with Crippen molar-refractivity contribution in [3.63, 3.8) is 0 Å². The molecule has 0 spiro atoms. The van der Waals surface area contributed by atoms with Crippen molar-refractivity contribution in [3.8, 4) is 0 Å². The molecule has 0 aromatic carbocycles. The number of urea groups is 1. The van der Waals surface area contributed by atoms with Gasteiger partial charge in [0.15, 0.2) is 0 Å². The lowest BCUT2D eigenvalue weighted by Gasteiger charge is -2.32. The standard InChI is InChI=1S/C13H21N3O5/c1-4-15-5-6-16(11(18)10(15)17)13(21)14-9(12(19)20)7-8(2)3/h8-9H,4-7H2,1-3H3,(H,14,21)(H,19,20)/t9-/m0/s1. The van der Waals surface area contributed by atoms with Gasteiger partial charge in [0.1, 0.15) is 6.04 Å². The molecule has 21 heavy (non-hydrogen) atoms. The van der Waals surface area contributed by atoms with E-state index in [1.807, 2.05) is 13.8 Å². The highest BCUT2D eigenvalue weighted by atomic mass is 16.4. The van der Waals surface area contributed by atoms with Crippen LogP contribution in [0.2, 0.25) is 0 Å². The van der Waals surface area contributed by atoms with Gasteiger partial charge in [-0.3, -0.25) is 14.5 Å². The Morgan fingerprint density at radius 1 is 1.24 bits per heavy atom. The summed E-state index contributed by atoms with van der Waals surface area (Å²) in [6.07, 6.45) is 0.248. The van der Waals surface area contributed by atoms with Gasteiger partial charge in [0.2, 0.25) is 0 Å². The molecule has 0 unspecified atom stereocenters. The van der Waals surface area contributed by atoms with Gasteiger partial charge in [-0.15, -0.1) is 0 Å². The Morgan fingerprint density at radius 2 is 1.86 bits per heavy atom. The molecule has 8 nitrogen and oxygen atoms in total. The first kappa shape index (κ1) is 16.9. The van der Waals surface area contributed by atoms with Crippen LogP contribution >= 0.6 is 0 Å². The zero-order valence-corrected chi connectivity index (χ0v) is 12.5. The fourth-order valence-electron chi connectivity index (χ4n) is 2.09. The minimum Gasteiger partial charge on any atom is -0.480 e. The van der Waals surface area contributed by atoms with E-state index in [1.165, 1.54) is 4.90 Å². The normalized spacial score (nSPS) is 17.1. The number of piperazine rings is 1. The molecule has 1 atom stereocenters. The number of carboxylic acid groups (broad SMARTS) is 1. The number of nitrogens with zero attached hydrogens (tertiary/aromatic N) is 2. The lowest BCUT2D eigenvalue weighted by molar-refractivity contribution is -0.153. The van der Waals surface area contributed by atoms with E-state index in [-0.39, 0.29) is 25.4 Å². The van der Waals surface area contributed by atoms with Crippen LogP contribution in [0.1, 0.15) is 27.2 Å². The molecule has 118 valence electrons. The smallest absolute Gasteiger partial charge is 0.326 e. The summed E-state index contributed by atoms with van der Waals surface area (Å²) in [6, 6.07) is -1.92. The van der Waals surface area contributed by atoms with Gasteiger partial charge in [0.25, 0.3) is 0 Å².